The van der Waals surface area contributed by atoms with Gasteiger partial charge >= 0.3 is 0 Å². The molecule has 1 spiro atoms. The molecule has 1 saturated carbocycles. The van der Waals surface area contributed by atoms with Gasteiger partial charge in [0, 0.05) is 13.2 Å². The van der Waals surface area contributed by atoms with E-state index in [4.69, 9.17) is 44.1 Å². The summed E-state index contributed by atoms with van der Waals surface area (Å²) in [5.74, 6) is 0.971. The lowest BCUT2D eigenvalue weighted by atomic mass is 9.87. The van der Waals surface area contributed by atoms with Crippen molar-refractivity contribution in [1.82, 2.24) is 0 Å². The van der Waals surface area contributed by atoms with E-state index in [1.54, 1.807) is 19.2 Å². The lowest BCUT2D eigenvalue weighted by Crippen LogP contribution is -2.58. The van der Waals surface area contributed by atoms with Crippen molar-refractivity contribution in [3.63, 3.8) is 0 Å². The van der Waals surface area contributed by atoms with Crippen LogP contribution in [-0.4, -0.2) is 37.9 Å². The van der Waals surface area contributed by atoms with Gasteiger partial charge < -0.3 is 20.9 Å². The zero-order chi connectivity index (χ0) is 18.7. The fourth-order valence-corrected chi connectivity index (χ4v) is 4.03. The maximum absolute atomic E-state index is 6.50. The van der Waals surface area contributed by atoms with Gasteiger partial charge in [0.15, 0.2) is 0 Å². The van der Waals surface area contributed by atoms with E-state index in [-0.39, 0.29) is 11.9 Å². The van der Waals surface area contributed by atoms with Gasteiger partial charge in [-0.3, -0.25) is 4.90 Å². The zero-order valence-corrected chi connectivity index (χ0v) is 16.2. The van der Waals surface area contributed by atoms with Crippen LogP contribution < -0.4 is 21.1 Å². The summed E-state index contributed by atoms with van der Waals surface area (Å²) < 4.78 is 10.7. The molecule has 3 rings (SSSR count). The SMILES string of the molecule is COCCOc1cc(N2C(N)=NC(N)=NC23CCCCC3)c(Cl)cc1Cl. The minimum Gasteiger partial charge on any atom is -0.490 e. The molecule has 1 aliphatic heterocycles. The molecule has 1 aromatic carbocycles. The summed E-state index contributed by atoms with van der Waals surface area (Å²) in [6.07, 6.45) is 4.86. The van der Waals surface area contributed by atoms with Crippen LogP contribution in [0.3, 0.4) is 0 Å². The largest absolute Gasteiger partial charge is 0.490 e. The van der Waals surface area contributed by atoms with Gasteiger partial charge in [0.1, 0.15) is 18.0 Å². The third-order valence-electron chi connectivity index (χ3n) is 4.64. The minimum absolute atomic E-state index is 0.197. The van der Waals surface area contributed by atoms with E-state index in [1.165, 1.54) is 0 Å². The number of guanidine groups is 2. The maximum atomic E-state index is 6.50. The topological polar surface area (TPSA) is 98.5 Å². The van der Waals surface area contributed by atoms with Crippen molar-refractivity contribution in [3.8, 4) is 5.75 Å². The molecule has 26 heavy (non-hydrogen) atoms. The van der Waals surface area contributed by atoms with E-state index in [9.17, 15) is 0 Å². The number of anilines is 1. The van der Waals surface area contributed by atoms with Crippen LogP contribution in [0.4, 0.5) is 5.69 Å². The van der Waals surface area contributed by atoms with Crippen LogP contribution in [-0.2, 0) is 4.74 Å². The normalized spacial score (nSPS) is 19.3. The number of ether oxygens (including phenoxy) is 2. The zero-order valence-electron chi connectivity index (χ0n) is 14.7. The molecule has 1 aromatic rings. The lowest BCUT2D eigenvalue weighted by molar-refractivity contribution is 0.146. The van der Waals surface area contributed by atoms with Crippen molar-refractivity contribution < 1.29 is 9.47 Å². The molecule has 0 bridgehead atoms. The first-order valence-corrected chi connectivity index (χ1v) is 9.33. The molecule has 2 aliphatic rings. The fourth-order valence-electron chi connectivity index (χ4n) is 3.51. The van der Waals surface area contributed by atoms with E-state index in [2.05, 4.69) is 9.98 Å². The van der Waals surface area contributed by atoms with Crippen molar-refractivity contribution in [2.75, 3.05) is 25.2 Å². The second-order valence-electron chi connectivity index (χ2n) is 6.39. The summed E-state index contributed by atoms with van der Waals surface area (Å²) in [5.41, 5.74) is 12.2. The highest BCUT2D eigenvalue weighted by atomic mass is 35.5. The average molecular weight is 400 g/mol. The maximum Gasteiger partial charge on any atom is 0.220 e. The number of nitrogens with zero attached hydrogens (tertiary/aromatic N) is 3. The molecule has 0 saturated heterocycles. The predicted molar refractivity (Wildman–Crippen MR) is 105 cm³/mol. The summed E-state index contributed by atoms with van der Waals surface area (Å²) in [6, 6.07) is 3.42. The first-order chi connectivity index (χ1) is 12.5. The molecule has 7 nitrogen and oxygen atoms in total. The highest BCUT2D eigenvalue weighted by molar-refractivity contribution is 6.37. The van der Waals surface area contributed by atoms with Crippen LogP contribution in [0.25, 0.3) is 0 Å². The van der Waals surface area contributed by atoms with Crippen LogP contribution in [0, 0.1) is 0 Å². The molecule has 142 valence electrons. The van der Waals surface area contributed by atoms with Gasteiger partial charge in [0.25, 0.3) is 0 Å². The number of rotatable bonds is 5. The number of benzene rings is 1. The lowest BCUT2D eigenvalue weighted by Gasteiger charge is -2.45. The Hall–Kier alpha value is -1.70. The van der Waals surface area contributed by atoms with Gasteiger partial charge in [-0.1, -0.05) is 29.6 Å². The van der Waals surface area contributed by atoms with Gasteiger partial charge in [0.05, 0.1) is 22.3 Å². The minimum atomic E-state index is -0.574. The summed E-state index contributed by atoms with van der Waals surface area (Å²) in [5, 5.41) is 0.871. The Morgan fingerprint density at radius 3 is 2.54 bits per heavy atom. The highest BCUT2D eigenvalue weighted by Gasteiger charge is 2.43. The van der Waals surface area contributed by atoms with E-state index in [1.807, 2.05) is 4.90 Å². The first-order valence-electron chi connectivity index (χ1n) is 8.57. The quantitative estimate of drug-likeness (QED) is 0.740. The monoisotopic (exact) mass is 399 g/mol. The molecule has 1 heterocycles. The van der Waals surface area contributed by atoms with E-state index < -0.39 is 5.66 Å². The number of halogens is 2. The summed E-state index contributed by atoms with van der Waals surface area (Å²) >= 11 is 12.8. The molecule has 1 fully saturated rings. The Morgan fingerprint density at radius 2 is 1.85 bits per heavy atom. The molecular weight excluding hydrogens is 377 g/mol. The van der Waals surface area contributed by atoms with Crippen molar-refractivity contribution in [2.24, 2.45) is 21.5 Å². The number of hydrogen-bond donors (Lipinski definition) is 2. The second-order valence-corrected chi connectivity index (χ2v) is 7.21. The Bertz CT molecular complexity index is 732. The van der Waals surface area contributed by atoms with Crippen LogP contribution in [0.15, 0.2) is 22.1 Å². The van der Waals surface area contributed by atoms with E-state index >= 15 is 0 Å². The molecule has 9 heteroatoms. The van der Waals surface area contributed by atoms with Gasteiger partial charge in [-0.25, -0.2) is 4.99 Å². The van der Waals surface area contributed by atoms with Crippen molar-refractivity contribution in [3.05, 3.63) is 22.2 Å². The van der Waals surface area contributed by atoms with Crippen molar-refractivity contribution >= 4 is 40.8 Å². The number of nitrogens with two attached hydrogens (primary N) is 2. The predicted octanol–water partition coefficient (Wildman–Crippen LogP) is 3.13. The molecule has 0 amide bonds. The van der Waals surface area contributed by atoms with Crippen molar-refractivity contribution in [2.45, 2.75) is 37.8 Å². The second kappa shape index (κ2) is 7.90. The summed E-state index contributed by atoms with van der Waals surface area (Å²) in [4.78, 5) is 10.7. The van der Waals surface area contributed by atoms with Gasteiger partial charge in [-0.2, -0.15) is 4.99 Å². The molecule has 0 aromatic heterocycles. The third-order valence-corrected chi connectivity index (χ3v) is 5.24. The smallest absolute Gasteiger partial charge is 0.220 e. The number of hydrogen-bond acceptors (Lipinski definition) is 7. The van der Waals surface area contributed by atoms with Crippen LogP contribution in [0.5, 0.6) is 5.75 Å². The van der Waals surface area contributed by atoms with Gasteiger partial charge in [0.2, 0.25) is 11.9 Å². The number of methoxy groups -OCH3 is 1. The highest BCUT2D eigenvalue weighted by Crippen LogP contribution is 2.44. The van der Waals surface area contributed by atoms with Crippen LogP contribution in [0.2, 0.25) is 10.0 Å². The Kier molecular flexibility index (Phi) is 5.79. The van der Waals surface area contributed by atoms with Crippen molar-refractivity contribution in [1.29, 1.82) is 0 Å². The summed E-state index contributed by atoms with van der Waals surface area (Å²) in [6.45, 7) is 0.823. The van der Waals surface area contributed by atoms with Gasteiger partial charge in [-0.05, 0) is 31.7 Å². The molecular formula is C17H23Cl2N5O2. The Labute approximate surface area is 162 Å². The number of aliphatic imine (C=N–C) groups is 2. The van der Waals surface area contributed by atoms with E-state index in [0.29, 0.717) is 34.7 Å². The summed E-state index contributed by atoms with van der Waals surface area (Å²) in [7, 11) is 1.61. The standard InChI is InChI=1S/C17H23Cl2N5O2/c1-25-7-8-26-14-10-13(11(18)9-12(14)19)24-16(21)22-15(20)23-17(24)5-3-2-4-6-17/h9-10H,2-8H2,1H3,(H4,20,21,22,23). The van der Waals surface area contributed by atoms with Crippen LogP contribution in [0.1, 0.15) is 32.1 Å². The fraction of sp³-hybridized carbons (Fsp3) is 0.529. The molecule has 0 atom stereocenters. The molecule has 0 unspecified atom stereocenters. The Balaban J connectivity index is 2.02. The average Bonchev–Trinajstić information content (AvgIpc) is 2.58. The van der Waals surface area contributed by atoms with E-state index in [0.717, 1.165) is 32.1 Å². The molecule has 0 radical (unpaired) electrons. The van der Waals surface area contributed by atoms with Gasteiger partial charge in [-0.15, -0.1) is 0 Å². The first kappa shape index (κ1) is 19.1. The molecule has 1 aliphatic carbocycles. The van der Waals surface area contributed by atoms with Crippen LogP contribution >= 0.6 is 23.2 Å². The molecule has 4 N–H and O–H groups in total. The third kappa shape index (κ3) is 3.70. The Morgan fingerprint density at radius 1 is 1.12 bits per heavy atom.